The Morgan fingerprint density at radius 2 is 1.71 bits per heavy atom. The van der Waals surface area contributed by atoms with E-state index in [1.807, 2.05) is 0 Å². The molecule has 84 valence electrons. The van der Waals surface area contributed by atoms with Crippen molar-refractivity contribution in [2.45, 2.75) is 64.1 Å². The maximum atomic E-state index is 3.47. The normalized spacial score (nSPS) is 29.6. The molecule has 1 fully saturated rings. The quantitative estimate of drug-likeness (QED) is 0.732. The highest BCUT2D eigenvalue weighted by molar-refractivity contribution is 4.90. The van der Waals surface area contributed by atoms with Gasteiger partial charge in [-0.15, -0.1) is 0 Å². The van der Waals surface area contributed by atoms with Gasteiger partial charge in [-0.05, 0) is 47.7 Å². The Hall–Kier alpha value is -0.0800. The van der Waals surface area contributed by atoms with E-state index < -0.39 is 0 Å². The standard InChI is InChI=1S/C12H26N2/c1-12(2,3)14(5)11-9-7-6-8-10(11)13-4/h10-11,13H,6-9H2,1-5H3/t10-,11-/m0/s1. The molecule has 0 unspecified atom stereocenters. The maximum Gasteiger partial charge on any atom is 0.0251 e. The van der Waals surface area contributed by atoms with Crippen LogP contribution < -0.4 is 5.32 Å². The van der Waals surface area contributed by atoms with Crippen molar-refractivity contribution >= 4 is 0 Å². The Bertz CT molecular complexity index is 172. The first-order valence-corrected chi connectivity index (χ1v) is 5.87. The summed E-state index contributed by atoms with van der Waals surface area (Å²) in [4.78, 5) is 2.54. The summed E-state index contributed by atoms with van der Waals surface area (Å²) in [5.41, 5.74) is 0.289. The molecule has 0 radical (unpaired) electrons. The summed E-state index contributed by atoms with van der Waals surface area (Å²) in [5, 5.41) is 3.47. The molecule has 0 aliphatic heterocycles. The molecule has 0 amide bonds. The van der Waals surface area contributed by atoms with E-state index in [0.29, 0.717) is 12.1 Å². The lowest BCUT2D eigenvalue weighted by Crippen LogP contribution is -2.55. The second-order valence-electron chi connectivity index (χ2n) is 5.53. The summed E-state index contributed by atoms with van der Waals surface area (Å²) in [7, 11) is 4.36. The van der Waals surface area contributed by atoms with Crippen LogP contribution in [0.25, 0.3) is 0 Å². The third kappa shape index (κ3) is 2.71. The molecule has 1 saturated carbocycles. The van der Waals surface area contributed by atoms with E-state index in [2.05, 4.69) is 45.1 Å². The zero-order valence-corrected chi connectivity index (χ0v) is 10.4. The van der Waals surface area contributed by atoms with Gasteiger partial charge in [-0.25, -0.2) is 0 Å². The van der Waals surface area contributed by atoms with E-state index in [9.17, 15) is 0 Å². The number of nitrogens with one attached hydrogen (secondary N) is 1. The monoisotopic (exact) mass is 198 g/mol. The van der Waals surface area contributed by atoms with E-state index >= 15 is 0 Å². The topological polar surface area (TPSA) is 15.3 Å². The highest BCUT2D eigenvalue weighted by atomic mass is 15.2. The minimum atomic E-state index is 0.289. The van der Waals surface area contributed by atoms with E-state index in [-0.39, 0.29) is 5.54 Å². The largest absolute Gasteiger partial charge is 0.315 e. The van der Waals surface area contributed by atoms with Gasteiger partial charge in [0.05, 0.1) is 0 Å². The number of hydrogen-bond donors (Lipinski definition) is 1. The van der Waals surface area contributed by atoms with E-state index in [0.717, 1.165) is 0 Å². The van der Waals surface area contributed by atoms with Crippen molar-refractivity contribution in [3.05, 3.63) is 0 Å². The van der Waals surface area contributed by atoms with Crippen molar-refractivity contribution in [2.24, 2.45) is 0 Å². The van der Waals surface area contributed by atoms with Gasteiger partial charge in [-0.3, -0.25) is 4.90 Å². The molecule has 2 atom stereocenters. The fourth-order valence-electron chi connectivity index (χ4n) is 2.41. The molecule has 2 heteroatoms. The van der Waals surface area contributed by atoms with Crippen LogP contribution in [-0.4, -0.2) is 36.6 Å². The second kappa shape index (κ2) is 4.63. The summed E-state index contributed by atoms with van der Waals surface area (Å²) in [5.74, 6) is 0. The van der Waals surface area contributed by atoms with Gasteiger partial charge in [-0.1, -0.05) is 12.8 Å². The Labute approximate surface area is 89.1 Å². The van der Waals surface area contributed by atoms with Gasteiger partial charge in [0.25, 0.3) is 0 Å². The maximum absolute atomic E-state index is 3.47. The summed E-state index contributed by atoms with van der Waals surface area (Å²) in [6.07, 6.45) is 5.46. The van der Waals surface area contributed by atoms with Crippen LogP contribution in [0.5, 0.6) is 0 Å². The SMILES string of the molecule is CN[C@H]1CCCC[C@@H]1N(C)C(C)(C)C. The van der Waals surface area contributed by atoms with E-state index in [1.165, 1.54) is 25.7 Å². The Kier molecular flexibility index (Phi) is 3.96. The van der Waals surface area contributed by atoms with Gasteiger partial charge in [0.1, 0.15) is 0 Å². The Morgan fingerprint density at radius 1 is 1.14 bits per heavy atom. The fraction of sp³-hybridized carbons (Fsp3) is 1.00. The molecule has 0 saturated heterocycles. The van der Waals surface area contributed by atoms with Crippen molar-refractivity contribution in [2.75, 3.05) is 14.1 Å². The van der Waals surface area contributed by atoms with Gasteiger partial charge < -0.3 is 5.32 Å². The lowest BCUT2D eigenvalue weighted by Gasteiger charge is -2.44. The van der Waals surface area contributed by atoms with Crippen molar-refractivity contribution in [3.8, 4) is 0 Å². The first-order valence-electron chi connectivity index (χ1n) is 5.87. The lowest BCUT2D eigenvalue weighted by molar-refractivity contribution is 0.0698. The smallest absolute Gasteiger partial charge is 0.0251 e. The number of nitrogens with zero attached hydrogens (tertiary/aromatic N) is 1. The molecule has 0 bridgehead atoms. The molecule has 1 N–H and O–H groups in total. The van der Waals surface area contributed by atoms with Gasteiger partial charge in [0.2, 0.25) is 0 Å². The van der Waals surface area contributed by atoms with Gasteiger partial charge in [0.15, 0.2) is 0 Å². The zero-order chi connectivity index (χ0) is 10.8. The van der Waals surface area contributed by atoms with Crippen LogP contribution in [0, 0.1) is 0 Å². The third-order valence-corrected chi connectivity index (χ3v) is 3.66. The van der Waals surface area contributed by atoms with Crippen LogP contribution in [-0.2, 0) is 0 Å². The molecule has 2 nitrogen and oxygen atoms in total. The van der Waals surface area contributed by atoms with E-state index in [4.69, 9.17) is 0 Å². The highest BCUT2D eigenvalue weighted by Crippen LogP contribution is 2.26. The zero-order valence-electron chi connectivity index (χ0n) is 10.4. The minimum Gasteiger partial charge on any atom is -0.315 e. The molecule has 0 aromatic heterocycles. The van der Waals surface area contributed by atoms with Gasteiger partial charge >= 0.3 is 0 Å². The number of likely N-dealkylation sites (N-methyl/N-ethyl adjacent to an activating group) is 2. The first kappa shape index (κ1) is 12.0. The predicted octanol–water partition coefficient (Wildman–Crippen LogP) is 2.25. The average Bonchev–Trinajstić information content (AvgIpc) is 2.15. The summed E-state index contributed by atoms with van der Waals surface area (Å²) >= 11 is 0. The summed E-state index contributed by atoms with van der Waals surface area (Å²) in [6.45, 7) is 6.90. The van der Waals surface area contributed by atoms with Crippen molar-refractivity contribution in [1.29, 1.82) is 0 Å². The van der Waals surface area contributed by atoms with Gasteiger partial charge in [-0.2, -0.15) is 0 Å². The van der Waals surface area contributed by atoms with Crippen LogP contribution in [0.3, 0.4) is 0 Å². The number of rotatable bonds is 2. The van der Waals surface area contributed by atoms with Crippen LogP contribution in [0.2, 0.25) is 0 Å². The molecule has 0 aromatic rings. The summed E-state index contributed by atoms with van der Waals surface area (Å²) < 4.78 is 0. The molecule has 0 spiro atoms. The van der Waals surface area contributed by atoms with Crippen LogP contribution in [0.1, 0.15) is 46.5 Å². The first-order chi connectivity index (χ1) is 6.46. The van der Waals surface area contributed by atoms with Crippen LogP contribution in [0.4, 0.5) is 0 Å². The molecular weight excluding hydrogens is 172 g/mol. The van der Waals surface area contributed by atoms with Crippen LogP contribution >= 0.6 is 0 Å². The van der Waals surface area contributed by atoms with Crippen LogP contribution in [0.15, 0.2) is 0 Å². The molecule has 14 heavy (non-hydrogen) atoms. The Balaban J connectivity index is 2.63. The fourth-order valence-corrected chi connectivity index (χ4v) is 2.41. The molecule has 1 aliphatic rings. The third-order valence-electron chi connectivity index (χ3n) is 3.66. The predicted molar refractivity (Wildman–Crippen MR) is 62.6 cm³/mol. The van der Waals surface area contributed by atoms with E-state index in [1.54, 1.807) is 0 Å². The Morgan fingerprint density at radius 3 is 2.21 bits per heavy atom. The van der Waals surface area contributed by atoms with Crippen molar-refractivity contribution in [1.82, 2.24) is 10.2 Å². The molecule has 0 aromatic carbocycles. The summed E-state index contributed by atoms with van der Waals surface area (Å²) in [6, 6.07) is 1.40. The molecular formula is C12H26N2. The molecule has 0 heterocycles. The minimum absolute atomic E-state index is 0.289. The highest BCUT2D eigenvalue weighted by Gasteiger charge is 2.32. The molecule has 1 aliphatic carbocycles. The molecule has 1 rings (SSSR count). The average molecular weight is 198 g/mol. The second-order valence-corrected chi connectivity index (χ2v) is 5.53. The van der Waals surface area contributed by atoms with Gasteiger partial charge in [0, 0.05) is 17.6 Å². The van der Waals surface area contributed by atoms with Crippen molar-refractivity contribution < 1.29 is 0 Å². The number of hydrogen-bond acceptors (Lipinski definition) is 2. The van der Waals surface area contributed by atoms with Crippen molar-refractivity contribution in [3.63, 3.8) is 0 Å². The lowest BCUT2D eigenvalue weighted by atomic mass is 9.87.